The number of hydrogen-bond acceptors (Lipinski definition) is 7. The topological polar surface area (TPSA) is 97.8 Å². The molecular formula is C12H20O7. The van der Waals surface area contributed by atoms with Crippen molar-refractivity contribution in [3.63, 3.8) is 0 Å². The highest BCUT2D eigenvalue weighted by Gasteiger charge is 2.22. The fourth-order valence-electron chi connectivity index (χ4n) is 1.17. The van der Waals surface area contributed by atoms with Crippen molar-refractivity contribution in [2.75, 3.05) is 39.6 Å². The molecule has 1 fully saturated rings. The Kier molecular flexibility index (Phi) is 7.61. The number of aliphatic hydroxyl groups excluding tert-OH is 2. The Hall–Kier alpha value is -0.990. The second-order valence-corrected chi connectivity index (χ2v) is 4.17. The molecule has 19 heavy (non-hydrogen) atoms. The maximum atomic E-state index is 10.7. The minimum atomic E-state index is -0.933. The Balaban J connectivity index is 1.92. The van der Waals surface area contributed by atoms with E-state index in [-0.39, 0.29) is 32.5 Å². The summed E-state index contributed by atoms with van der Waals surface area (Å²) in [5.41, 5.74) is 0. The van der Waals surface area contributed by atoms with Gasteiger partial charge in [0.25, 0.3) is 0 Å². The molecule has 1 aliphatic heterocycles. The van der Waals surface area contributed by atoms with Crippen molar-refractivity contribution < 1.29 is 34.0 Å². The number of rotatable bonds is 11. The molecule has 3 unspecified atom stereocenters. The first-order valence-corrected chi connectivity index (χ1v) is 6.04. The first kappa shape index (κ1) is 16.1. The Bertz CT molecular complexity index is 277. The zero-order valence-electron chi connectivity index (χ0n) is 10.7. The van der Waals surface area contributed by atoms with Crippen LogP contribution in [0.1, 0.15) is 0 Å². The lowest BCUT2D eigenvalue weighted by molar-refractivity contribution is -0.142. The van der Waals surface area contributed by atoms with Gasteiger partial charge in [-0.05, 0) is 0 Å². The first-order chi connectivity index (χ1) is 9.11. The third kappa shape index (κ3) is 8.68. The smallest absolute Gasteiger partial charge is 0.330 e. The summed E-state index contributed by atoms with van der Waals surface area (Å²) in [5, 5.41) is 18.9. The number of hydrogen-bond donors (Lipinski definition) is 2. The lowest BCUT2D eigenvalue weighted by Crippen LogP contribution is -2.28. The molecule has 110 valence electrons. The molecule has 1 heterocycles. The van der Waals surface area contributed by atoms with Gasteiger partial charge in [0.2, 0.25) is 0 Å². The van der Waals surface area contributed by atoms with Crippen LogP contribution in [0, 0.1) is 0 Å². The fourth-order valence-corrected chi connectivity index (χ4v) is 1.17. The van der Waals surface area contributed by atoms with Crippen molar-refractivity contribution in [2.24, 2.45) is 0 Å². The lowest BCUT2D eigenvalue weighted by atomic mass is 10.4. The van der Waals surface area contributed by atoms with Crippen molar-refractivity contribution in [3.05, 3.63) is 12.7 Å². The Labute approximate surface area is 111 Å². The summed E-state index contributed by atoms with van der Waals surface area (Å²) in [6, 6.07) is 0. The van der Waals surface area contributed by atoms with Gasteiger partial charge in [0.1, 0.15) is 24.9 Å². The Morgan fingerprint density at radius 2 is 1.84 bits per heavy atom. The van der Waals surface area contributed by atoms with Gasteiger partial charge in [-0.25, -0.2) is 4.79 Å². The van der Waals surface area contributed by atoms with E-state index in [1.165, 1.54) is 0 Å². The number of esters is 1. The summed E-state index contributed by atoms with van der Waals surface area (Å²) < 4.78 is 19.8. The summed E-state index contributed by atoms with van der Waals surface area (Å²) in [4.78, 5) is 10.7. The van der Waals surface area contributed by atoms with E-state index in [1.807, 2.05) is 0 Å². The zero-order valence-corrected chi connectivity index (χ0v) is 10.7. The number of aliphatic hydroxyl groups is 2. The number of carbonyl (C=O) groups is 1. The standard InChI is InChI=1S/C12H20O7/c1-2-12(15)19-6-10(14)5-16-3-9(13)4-17-7-11-8-18-11/h2,9-11,13-14H,1,3-8H2. The van der Waals surface area contributed by atoms with E-state index >= 15 is 0 Å². The predicted octanol–water partition coefficient (Wildman–Crippen LogP) is -1.13. The predicted molar refractivity (Wildman–Crippen MR) is 64.5 cm³/mol. The van der Waals surface area contributed by atoms with Crippen molar-refractivity contribution in [1.82, 2.24) is 0 Å². The molecule has 0 aromatic heterocycles. The lowest BCUT2D eigenvalue weighted by Gasteiger charge is -2.14. The average molecular weight is 276 g/mol. The van der Waals surface area contributed by atoms with Crippen molar-refractivity contribution in [3.8, 4) is 0 Å². The van der Waals surface area contributed by atoms with Gasteiger partial charge >= 0.3 is 5.97 Å². The molecule has 7 heteroatoms. The van der Waals surface area contributed by atoms with Crippen molar-refractivity contribution >= 4 is 5.97 Å². The highest BCUT2D eigenvalue weighted by atomic mass is 16.6. The van der Waals surface area contributed by atoms with Crippen LogP contribution in [0.5, 0.6) is 0 Å². The zero-order chi connectivity index (χ0) is 14.1. The highest BCUT2D eigenvalue weighted by molar-refractivity contribution is 5.81. The third-order valence-corrected chi connectivity index (χ3v) is 2.22. The second kappa shape index (κ2) is 9.00. The molecule has 0 radical (unpaired) electrons. The molecule has 0 saturated carbocycles. The first-order valence-electron chi connectivity index (χ1n) is 6.04. The molecule has 0 bridgehead atoms. The molecule has 1 rings (SSSR count). The molecule has 2 N–H and O–H groups in total. The molecule has 0 amide bonds. The average Bonchev–Trinajstić information content (AvgIpc) is 3.20. The monoisotopic (exact) mass is 276 g/mol. The van der Waals surface area contributed by atoms with Crippen LogP contribution in [-0.2, 0) is 23.7 Å². The molecule has 7 nitrogen and oxygen atoms in total. The van der Waals surface area contributed by atoms with Crippen LogP contribution >= 0.6 is 0 Å². The summed E-state index contributed by atoms with van der Waals surface area (Å²) in [6.45, 7) is 4.40. The van der Waals surface area contributed by atoms with Crippen LogP contribution in [0.2, 0.25) is 0 Å². The summed E-state index contributed by atoms with van der Waals surface area (Å²) in [6.07, 6.45) is -0.522. The van der Waals surface area contributed by atoms with Gasteiger partial charge in [-0.3, -0.25) is 0 Å². The van der Waals surface area contributed by atoms with Crippen LogP contribution in [-0.4, -0.2) is 74.1 Å². The van der Waals surface area contributed by atoms with Crippen LogP contribution in [0.4, 0.5) is 0 Å². The van der Waals surface area contributed by atoms with Gasteiger partial charge < -0.3 is 29.2 Å². The van der Waals surface area contributed by atoms with Crippen molar-refractivity contribution in [1.29, 1.82) is 0 Å². The van der Waals surface area contributed by atoms with E-state index in [0.717, 1.165) is 6.08 Å². The number of carbonyl (C=O) groups excluding carboxylic acids is 1. The minimum absolute atomic E-state index is 0.0345. The molecular weight excluding hydrogens is 256 g/mol. The molecule has 1 aliphatic rings. The Morgan fingerprint density at radius 1 is 1.26 bits per heavy atom. The van der Waals surface area contributed by atoms with Gasteiger partial charge in [0, 0.05) is 6.08 Å². The van der Waals surface area contributed by atoms with Gasteiger partial charge in [0.15, 0.2) is 0 Å². The molecule has 0 spiro atoms. The Morgan fingerprint density at radius 3 is 2.42 bits per heavy atom. The molecule has 0 aromatic rings. The van der Waals surface area contributed by atoms with E-state index in [9.17, 15) is 15.0 Å². The van der Waals surface area contributed by atoms with Gasteiger partial charge in [-0.1, -0.05) is 6.58 Å². The van der Waals surface area contributed by atoms with Gasteiger partial charge in [-0.15, -0.1) is 0 Å². The third-order valence-electron chi connectivity index (χ3n) is 2.22. The normalized spacial score (nSPS) is 20.6. The maximum Gasteiger partial charge on any atom is 0.330 e. The van der Waals surface area contributed by atoms with Crippen molar-refractivity contribution in [2.45, 2.75) is 18.3 Å². The summed E-state index contributed by atoms with van der Waals surface area (Å²) in [5.74, 6) is -0.602. The quantitative estimate of drug-likeness (QED) is 0.280. The highest BCUT2D eigenvalue weighted by Crippen LogP contribution is 2.08. The van der Waals surface area contributed by atoms with Crippen LogP contribution in [0.3, 0.4) is 0 Å². The van der Waals surface area contributed by atoms with E-state index in [1.54, 1.807) is 0 Å². The molecule has 1 saturated heterocycles. The van der Waals surface area contributed by atoms with Gasteiger partial charge in [0.05, 0.1) is 33.0 Å². The van der Waals surface area contributed by atoms with E-state index in [0.29, 0.717) is 13.2 Å². The number of epoxide rings is 1. The van der Waals surface area contributed by atoms with E-state index in [2.05, 4.69) is 11.3 Å². The molecule has 0 aromatic carbocycles. The van der Waals surface area contributed by atoms with E-state index in [4.69, 9.17) is 14.2 Å². The van der Waals surface area contributed by atoms with Crippen LogP contribution in [0.15, 0.2) is 12.7 Å². The fraction of sp³-hybridized carbons (Fsp3) is 0.750. The molecule has 0 aliphatic carbocycles. The van der Waals surface area contributed by atoms with Crippen LogP contribution < -0.4 is 0 Å². The summed E-state index contributed by atoms with van der Waals surface area (Å²) >= 11 is 0. The minimum Gasteiger partial charge on any atom is -0.460 e. The molecule has 3 atom stereocenters. The summed E-state index contributed by atoms with van der Waals surface area (Å²) in [7, 11) is 0. The van der Waals surface area contributed by atoms with Crippen LogP contribution in [0.25, 0.3) is 0 Å². The SMILES string of the molecule is C=CC(=O)OCC(O)COCC(O)COCC1CO1. The second-order valence-electron chi connectivity index (χ2n) is 4.17. The van der Waals surface area contributed by atoms with Gasteiger partial charge in [-0.2, -0.15) is 0 Å². The number of ether oxygens (including phenoxy) is 4. The largest absolute Gasteiger partial charge is 0.460 e. The van der Waals surface area contributed by atoms with E-state index < -0.39 is 18.2 Å². The maximum absolute atomic E-state index is 10.7.